The van der Waals surface area contributed by atoms with Crippen LogP contribution in [0.5, 0.6) is 11.5 Å². The maximum atomic E-state index is 5.77. The SMILES string of the molecule is COc1cc(C)cc(OC)c1-c1cccn2c(N(CC3CC3)CC3CC3)c(SC)nc12. The first-order chi connectivity index (χ1) is 15.1. The van der Waals surface area contributed by atoms with Gasteiger partial charge in [0.15, 0.2) is 0 Å². The molecule has 0 saturated heterocycles. The van der Waals surface area contributed by atoms with E-state index in [4.69, 9.17) is 14.5 Å². The van der Waals surface area contributed by atoms with Gasteiger partial charge in [0.05, 0.1) is 19.8 Å². The summed E-state index contributed by atoms with van der Waals surface area (Å²) in [6.45, 7) is 4.33. The number of pyridine rings is 1. The van der Waals surface area contributed by atoms with Crippen molar-refractivity contribution in [1.29, 1.82) is 0 Å². The van der Waals surface area contributed by atoms with Gasteiger partial charge in [-0.05, 0) is 80.5 Å². The first-order valence-electron chi connectivity index (χ1n) is 11.2. The van der Waals surface area contributed by atoms with Gasteiger partial charge in [0.2, 0.25) is 0 Å². The number of aryl methyl sites for hydroxylation is 1. The van der Waals surface area contributed by atoms with Crippen molar-refractivity contribution in [2.45, 2.75) is 37.6 Å². The molecule has 1 aromatic carbocycles. The highest BCUT2D eigenvalue weighted by atomic mass is 32.2. The number of aromatic nitrogens is 2. The van der Waals surface area contributed by atoms with Crippen LogP contribution in [0.25, 0.3) is 16.8 Å². The van der Waals surface area contributed by atoms with E-state index >= 15 is 0 Å². The number of ether oxygens (including phenoxy) is 2. The largest absolute Gasteiger partial charge is 0.496 e. The molecular formula is C25H31N3O2S. The maximum absolute atomic E-state index is 5.77. The van der Waals surface area contributed by atoms with Crippen LogP contribution in [0, 0.1) is 18.8 Å². The molecule has 2 fully saturated rings. The molecule has 3 aromatic rings. The number of thioether (sulfide) groups is 1. The maximum Gasteiger partial charge on any atom is 0.147 e. The molecule has 6 heteroatoms. The third-order valence-electron chi connectivity index (χ3n) is 6.36. The lowest BCUT2D eigenvalue weighted by Gasteiger charge is -2.25. The molecule has 2 aliphatic carbocycles. The lowest BCUT2D eigenvalue weighted by atomic mass is 10.0. The zero-order valence-corrected chi connectivity index (χ0v) is 19.7. The second kappa shape index (κ2) is 8.30. The van der Waals surface area contributed by atoms with Crippen molar-refractivity contribution in [1.82, 2.24) is 9.38 Å². The molecule has 31 heavy (non-hydrogen) atoms. The van der Waals surface area contributed by atoms with Crippen LogP contribution in [0.4, 0.5) is 5.82 Å². The van der Waals surface area contributed by atoms with E-state index < -0.39 is 0 Å². The Labute approximate surface area is 188 Å². The normalized spacial score (nSPS) is 16.0. The van der Waals surface area contributed by atoms with Crippen LogP contribution < -0.4 is 14.4 Å². The van der Waals surface area contributed by atoms with Gasteiger partial charge in [-0.25, -0.2) is 4.98 Å². The zero-order valence-electron chi connectivity index (χ0n) is 18.9. The summed E-state index contributed by atoms with van der Waals surface area (Å²) in [5, 5.41) is 1.10. The van der Waals surface area contributed by atoms with Gasteiger partial charge in [-0.3, -0.25) is 4.40 Å². The number of rotatable bonds is 9. The van der Waals surface area contributed by atoms with Crippen LogP contribution in [-0.2, 0) is 0 Å². The summed E-state index contributed by atoms with van der Waals surface area (Å²) in [5.41, 5.74) is 4.06. The number of methoxy groups -OCH3 is 2. The lowest BCUT2D eigenvalue weighted by molar-refractivity contribution is 0.397. The van der Waals surface area contributed by atoms with Crippen molar-refractivity contribution in [3.05, 3.63) is 36.0 Å². The molecular weight excluding hydrogens is 406 g/mol. The van der Waals surface area contributed by atoms with Gasteiger partial charge in [-0.15, -0.1) is 11.8 Å². The molecule has 0 amide bonds. The smallest absolute Gasteiger partial charge is 0.147 e. The Morgan fingerprint density at radius 3 is 2.19 bits per heavy atom. The highest BCUT2D eigenvalue weighted by Gasteiger charge is 2.32. The number of imidazole rings is 1. The summed E-state index contributed by atoms with van der Waals surface area (Å²) in [6.07, 6.45) is 9.71. The second-order valence-electron chi connectivity index (χ2n) is 8.90. The van der Waals surface area contributed by atoms with Crippen LogP contribution in [0.2, 0.25) is 0 Å². The number of anilines is 1. The minimum absolute atomic E-state index is 0.813. The third kappa shape index (κ3) is 3.98. The topological polar surface area (TPSA) is 39.0 Å². The number of hydrogen-bond donors (Lipinski definition) is 0. The molecule has 2 aliphatic rings. The van der Waals surface area contributed by atoms with Crippen LogP contribution >= 0.6 is 11.8 Å². The molecule has 5 rings (SSSR count). The first-order valence-corrected chi connectivity index (χ1v) is 12.4. The minimum Gasteiger partial charge on any atom is -0.496 e. The Kier molecular flexibility index (Phi) is 5.51. The molecule has 0 N–H and O–H groups in total. The molecule has 164 valence electrons. The highest BCUT2D eigenvalue weighted by molar-refractivity contribution is 7.98. The Morgan fingerprint density at radius 2 is 1.68 bits per heavy atom. The van der Waals surface area contributed by atoms with Gasteiger partial charge in [-0.1, -0.05) is 0 Å². The van der Waals surface area contributed by atoms with Crippen LogP contribution in [0.15, 0.2) is 35.5 Å². The molecule has 2 aromatic heterocycles. The van der Waals surface area contributed by atoms with E-state index in [9.17, 15) is 0 Å². The minimum atomic E-state index is 0.813. The summed E-state index contributed by atoms with van der Waals surface area (Å²) in [6, 6.07) is 8.36. The van der Waals surface area contributed by atoms with Crippen molar-refractivity contribution in [2.75, 3.05) is 38.5 Å². The van der Waals surface area contributed by atoms with Gasteiger partial charge in [-0.2, -0.15) is 0 Å². The van der Waals surface area contributed by atoms with Crippen molar-refractivity contribution in [3.8, 4) is 22.6 Å². The first kappa shape index (κ1) is 20.6. The molecule has 0 bridgehead atoms. The predicted octanol–water partition coefficient (Wildman–Crippen LogP) is 5.68. The van der Waals surface area contributed by atoms with E-state index in [0.717, 1.165) is 63.8 Å². The monoisotopic (exact) mass is 437 g/mol. The standard InChI is InChI=1S/C25H31N3O2S/c1-16-12-20(29-2)22(21(13-16)30-3)19-6-5-11-28-23(19)26-24(31-4)25(28)27(14-17-7-8-17)15-18-9-10-18/h5-6,11-13,17-18H,7-10,14-15H2,1-4H3. The fourth-order valence-corrected chi connectivity index (χ4v) is 5.02. The molecule has 5 nitrogen and oxygen atoms in total. The average Bonchev–Trinajstić information content (AvgIpc) is 3.71. The molecule has 0 spiro atoms. The Balaban J connectivity index is 1.69. The number of nitrogens with zero attached hydrogens (tertiary/aromatic N) is 3. The van der Waals surface area contributed by atoms with E-state index in [0.29, 0.717) is 0 Å². The summed E-state index contributed by atoms with van der Waals surface area (Å²) < 4.78 is 13.8. The summed E-state index contributed by atoms with van der Waals surface area (Å²) >= 11 is 1.73. The summed E-state index contributed by atoms with van der Waals surface area (Å²) in [7, 11) is 3.43. The number of benzene rings is 1. The van der Waals surface area contributed by atoms with Crippen molar-refractivity contribution in [3.63, 3.8) is 0 Å². The third-order valence-corrected chi connectivity index (χ3v) is 7.02. The van der Waals surface area contributed by atoms with Crippen LogP contribution in [0.3, 0.4) is 0 Å². The van der Waals surface area contributed by atoms with Crippen molar-refractivity contribution < 1.29 is 9.47 Å². The van der Waals surface area contributed by atoms with Gasteiger partial charge in [0.1, 0.15) is 28.0 Å². The zero-order chi connectivity index (χ0) is 21.5. The number of fused-ring (bicyclic) bond motifs is 1. The molecule has 2 saturated carbocycles. The van der Waals surface area contributed by atoms with Crippen molar-refractivity contribution in [2.24, 2.45) is 11.8 Å². The second-order valence-corrected chi connectivity index (χ2v) is 9.69. The summed E-state index contributed by atoms with van der Waals surface area (Å²) in [4.78, 5) is 7.74. The van der Waals surface area contributed by atoms with Crippen molar-refractivity contribution >= 4 is 23.2 Å². The van der Waals surface area contributed by atoms with E-state index in [2.05, 4.69) is 52.9 Å². The molecule has 0 unspecified atom stereocenters. The van der Waals surface area contributed by atoms with Gasteiger partial charge in [0, 0.05) is 24.8 Å². The van der Waals surface area contributed by atoms with Gasteiger partial charge >= 0.3 is 0 Å². The van der Waals surface area contributed by atoms with Crippen LogP contribution in [0.1, 0.15) is 31.2 Å². The molecule has 2 heterocycles. The lowest BCUT2D eigenvalue weighted by Crippen LogP contribution is -2.29. The number of hydrogen-bond acceptors (Lipinski definition) is 5. The molecule has 0 radical (unpaired) electrons. The Hall–Kier alpha value is -2.34. The van der Waals surface area contributed by atoms with E-state index in [1.807, 2.05) is 0 Å². The van der Waals surface area contributed by atoms with Gasteiger partial charge < -0.3 is 14.4 Å². The highest BCUT2D eigenvalue weighted by Crippen LogP contribution is 2.44. The summed E-state index contributed by atoms with van der Waals surface area (Å²) in [5.74, 6) is 4.54. The van der Waals surface area contributed by atoms with E-state index in [1.54, 1.807) is 26.0 Å². The van der Waals surface area contributed by atoms with Gasteiger partial charge in [0.25, 0.3) is 0 Å². The van der Waals surface area contributed by atoms with Crippen LogP contribution in [-0.4, -0.2) is 42.9 Å². The molecule has 0 aliphatic heterocycles. The predicted molar refractivity (Wildman–Crippen MR) is 128 cm³/mol. The Morgan fingerprint density at radius 1 is 1.06 bits per heavy atom. The quantitative estimate of drug-likeness (QED) is 0.403. The van der Waals surface area contributed by atoms with E-state index in [-0.39, 0.29) is 0 Å². The Bertz CT molecular complexity index is 1060. The fourth-order valence-electron chi connectivity index (χ4n) is 4.43. The fraction of sp³-hybridized carbons (Fsp3) is 0.480. The molecule has 0 atom stereocenters. The van der Waals surface area contributed by atoms with E-state index in [1.165, 1.54) is 31.5 Å². The average molecular weight is 438 g/mol.